The Labute approximate surface area is 271 Å². The van der Waals surface area contributed by atoms with Gasteiger partial charge in [-0.05, 0) is 75.2 Å². The Hall–Kier alpha value is -4.45. The van der Waals surface area contributed by atoms with Crippen molar-refractivity contribution in [2.45, 2.75) is 56.3 Å². The van der Waals surface area contributed by atoms with Gasteiger partial charge in [0.05, 0.1) is 44.2 Å². The fourth-order valence-corrected chi connectivity index (χ4v) is 6.25. The monoisotopic (exact) mass is 649 g/mol. The number of hydrogen-bond acceptors (Lipinski definition) is 11. The van der Waals surface area contributed by atoms with Crippen LogP contribution in [0.3, 0.4) is 0 Å². The van der Waals surface area contributed by atoms with Gasteiger partial charge < -0.3 is 29.5 Å². The Morgan fingerprint density at radius 1 is 1.15 bits per heavy atom. The van der Waals surface area contributed by atoms with Gasteiger partial charge in [-0.15, -0.1) is 0 Å². The third kappa shape index (κ3) is 7.12. The molecule has 3 fully saturated rings. The van der Waals surface area contributed by atoms with E-state index in [0.29, 0.717) is 34.9 Å². The number of likely N-dealkylation sites (tertiary alicyclic amines) is 2. The van der Waals surface area contributed by atoms with E-state index in [2.05, 4.69) is 25.2 Å². The number of anilines is 2. The number of aliphatic hydroxyl groups is 1. The number of carbonyl (C=O) groups excluding carboxylic acids is 1. The maximum absolute atomic E-state index is 14.9. The second-order valence-corrected chi connectivity index (χ2v) is 12.1. The summed E-state index contributed by atoms with van der Waals surface area (Å²) >= 11 is 0. The van der Waals surface area contributed by atoms with Crippen LogP contribution < -0.4 is 14.8 Å². The van der Waals surface area contributed by atoms with Gasteiger partial charge in [-0.25, -0.2) is 18.7 Å². The predicted molar refractivity (Wildman–Crippen MR) is 167 cm³/mol. The van der Waals surface area contributed by atoms with Crippen LogP contribution in [-0.4, -0.2) is 106 Å². The van der Waals surface area contributed by atoms with Crippen molar-refractivity contribution in [3.05, 3.63) is 53.7 Å². The van der Waals surface area contributed by atoms with Crippen molar-refractivity contribution < 1.29 is 32.9 Å². The molecule has 1 amide bonds. The maximum Gasteiger partial charge on any atom is 0.301 e. The van der Waals surface area contributed by atoms with Crippen molar-refractivity contribution in [3.8, 4) is 29.0 Å². The molecule has 2 N–H and O–H groups in total. The van der Waals surface area contributed by atoms with Gasteiger partial charge in [0.2, 0.25) is 11.8 Å². The summed E-state index contributed by atoms with van der Waals surface area (Å²) in [5, 5.41) is 22.4. The normalized spacial score (nSPS) is 20.9. The largest absolute Gasteiger partial charge is 0.483 e. The summed E-state index contributed by atoms with van der Waals surface area (Å²) in [5.41, 5.74) is 2.18. The molecule has 14 heteroatoms. The molecule has 0 bridgehead atoms. The third-order valence-electron chi connectivity index (χ3n) is 8.95. The molecule has 0 radical (unpaired) electrons. The van der Waals surface area contributed by atoms with Gasteiger partial charge in [-0.3, -0.25) is 9.69 Å². The number of aromatic nitrogens is 3. The number of halogens is 2. The van der Waals surface area contributed by atoms with Gasteiger partial charge in [0, 0.05) is 30.3 Å². The first kappa shape index (κ1) is 32.5. The number of nitrogens with one attached hydrogen (secondary N) is 1. The Morgan fingerprint density at radius 2 is 1.94 bits per heavy atom. The quantitative estimate of drug-likeness (QED) is 0.350. The van der Waals surface area contributed by atoms with Crippen LogP contribution in [0.5, 0.6) is 11.6 Å². The lowest BCUT2D eigenvalue weighted by Gasteiger charge is -2.41. The first-order chi connectivity index (χ1) is 22.6. The number of nitriles is 1. The first-order valence-corrected chi connectivity index (χ1v) is 15.7. The van der Waals surface area contributed by atoms with Crippen molar-refractivity contribution in [2.24, 2.45) is 0 Å². The van der Waals surface area contributed by atoms with E-state index in [9.17, 15) is 23.9 Å². The van der Waals surface area contributed by atoms with E-state index >= 15 is 0 Å². The molecule has 0 spiro atoms. The molecular formula is C33H37F2N7O5. The number of methoxy groups -OCH3 is 1. The topological polar surface area (TPSA) is 146 Å². The number of hydrogen-bond donors (Lipinski definition) is 2. The Bertz CT molecular complexity index is 1640. The van der Waals surface area contributed by atoms with E-state index in [1.165, 1.54) is 19.1 Å². The number of ether oxygens (including phenoxy) is 3. The second-order valence-electron chi connectivity index (χ2n) is 12.1. The highest BCUT2D eigenvalue weighted by Gasteiger charge is 2.48. The summed E-state index contributed by atoms with van der Waals surface area (Å²) in [4.78, 5) is 29.0. The minimum atomic E-state index is -3.38. The molecule has 3 saturated heterocycles. The van der Waals surface area contributed by atoms with Crippen LogP contribution in [0.4, 0.5) is 20.5 Å². The van der Waals surface area contributed by atoms with Crippen molar-refractivity contribution in [1.29, 1.82) is 5.26 Å². The van der Waals surface area contributed by atoms with Crippen molar-refractivity contribution in [3.63, 3.8) is 0 Å². The van der Waals surface area contributed by atoms with E-state index in [4.69, 9.17) is 14.2 Å². The summed E-state index contributed by atoms with van der Waals surface area (Å²) in [6, 6.07) is 12.7. The first-order valence-electron chi connectivity index (χ1n) is 15.7. The average molecular weight is 650 g/mol. The lowest BCUT2D eigenvalue weighted by Crippen LogP contribution is -2.56. The number of benzene rings is 1. The molecule has 248 valence electrons. The lowest BCUT2D eigenvalue weighted by molar-refractivity contribution is -0.165. The van der Waals surface area contributed by atoms with Crippen LogP contribution in [0.2, 0.25) is 0 Å². The summed E-state index contributed by atoms with van der Waals surface area (Å²) in [7, 11) is 1.61. The zero-order valence-electron chi connectivity index (χ0n) is 26.2. The zero-order valence-corrected chi connectivity index (χ0v) is 26.2. The fraction of sp³-hybridized carbons (Fsp3) is 0.485. The molecule has 2 aromatic heterocycles. The van der Waals surface area contributed by atoms with Gasteiger partial charge >= 0.3 is 5.92 Å². The van der Waals surface area contributed by atoms with Gasteiger partial charge in [0.25, 0.3) is 5.91 Å². The van der Waals surface area contributed by atoms with Crippen LogP contribution >= 0.6 is 0 Å². The molecular weight excluding hydrogens is 612 g/mol. The minimum Gasteiger partial charge on any atom is -0.483 e. The maximum atomic E-state index is 14.9. The number of alkyl halides is 2. The number of pyridine rings is 1. The van der Waals surface area contributed by atoms with Gasteiger partial charge in [0.15, 0.2) is 6.10 Å². The number of carbonyl (C=O) groups is 1. The lowest BCUT2D eigenvalue weighted by atomic mass is 9.89. The molecule has 0 aliphatic carbocycles. The smallest absolute Gasteiger partial charge is 0.301 e. The molecule has 3 aliphatic rings. The van der Waals surface area contributed by atoms with Gasteiger partial charge in [0.1, 0.15) is 23.7 Å². The highest BCUT2D eigenvalue weighted by molar-refractivity contribution is 5.80. The zero-order chi connectivity index (χ0) is 33.1. The number of nitrogens with zero attached hydrogens (tertiary/aromatic N) is 6. The molecule has 0 saturated carbocycles. The number of amides is 1. The highest BCUT2D eigenvalue weighted by Crippen LogP contribution is 2.36. The fourth-order valence-electron chi connectivity index (χ4n) is 6.25. The number of rotatable bonds is 9. The predicted octanol–water partition coefficient (Wildman–Crippen LogP) is 3.74. The Balaban J connectivity index is 1.12. The minimum absolute atomic E-state index is 0.0000222. The number of aliphatic hydroxyl groups excluding tert-OH is 1. The van der Waals surface area contributed by atoms with E-state index in [1.807, 2.05) is 18.2 Å². The second kappa shape index (κ2) is 13.7. The molecule has 1 unspecified atom stereocenters. The summed E-state index contributed by atoms with van der Waals surface area (Å²) in [6.07, 6.45) is 0.537. The standard InChI is InChI=1S/C33H37F2N7O5/c1-20(43)31(44)42-14-10-28(33(34,35)19-42)47-27-5-3-22(15-23(27)16-36)26-7-11-37-32(38-26)40-29-6-4-25(30(39-29)45-2)21-8-12-41(13-9-21)24-17-46-18-24/h3-7,11,15,20-21,24,28,43H,8-10,12-14,17-19H2,1-2H3,(H,37,38,39,40)/t20-,28?/m0/s1. The summed E-state index contributed by atoms with van der Waals surface area (Å²) in [6.45, 7) is 4.03. The van der Waals surface area contributed by atoms with Gasteiger partial charge in [-0.2, -0.15) is 10.2 Å². The third-order valence-corrected chi connectivity index (χ3v) is 8.95. The van der Waals surface area contributed by atoms with Crippen LogP contribution in [0, 0.1) is 11.3 Å². The van der Waals surface area contributed by atoms with Crippen LogP contribution in [0.15, 0.2) is 42.6 Å². The highest BCUT2D eigenvalue weighted by atomic mass is 19.3. The van der Waals surface area contributed by atoms with E-state index in [1.54, 1.807) is 25.4 Å². The molecule has 3 aliphatic heterocycles. The van der Waals surface area contributed by atoms with Crippen molar-refractivity contribution >= 4 is 17.7 Å². The Morgan fingerprint density at radius 3 is 2.60 bits per heavy atom. The molecule has 5 heterocycles. The average Bonchev–Trinajstić information content (AvgIpc) is 3.05. The SMILES string of the molecule is COc1nc(Nc2nccc(-c3ccc(OC4CCN(C(=O)[C@H](C)O)CC4(F)F)c(C#N)c3)n2)ccc1C1CCN(C2COC2)CC1. The van der Waals surface area contributed by atoms with E-state index in [-0.39, 0.29) is 30.2 Å². The molecule has 6 rings (SSSR count). The van der Waals surface area contributed by atoms with Gasteiger partial charge in [-0.1, -0.05) is 0 Å². The van der Waals surface area contributed by atoms with Crippen LogP contribution in [-0.2, 0) is 9.53 Å². The van der Waals surface area contributed by atoms with E-state index in [0.717, 1.165) is 49.6 Å². The molecule has 47 heavy (non-hydrogen) atoms. The molecule has 12 nitrogen and oxygen atoms in total. The summed E-state index contributed by atoms with van der Waals surface area (Å²) in [5.74, 6) is -2.45. The summed E-state index contributed by atoms with van der Waals surface area (Å²) < 4.78 is 46.5. The Kier molecular flexibility index (Phi) is 9.49. The van der Waals surface area contributed by atoms with E-state index < -0.39 is 30.6 Å². The molecule has 2 atom stereocenters. The van der Waals surface area contributed by atoms with Crippen LogP contribution in [0.1, 0.15) is 43.2 Å². The van der Waals surface area contributed by atoms with Crippen molar-refractivity contribution in [1.82, 2.24) is 24.8 Å². The molecule has 1 aromatic carbocycles. The number of piperidine rings is 2. The molecule has 3 aromatic rings. The van der Waals surface area contributed by atoms with Crippen LogP contribution in [0.25, 0.3) is 11.3 Å². The van der Waals surface area contributed by atoms with Crippen molar-refractivity contribution in [2.75, 3.05) is 51.8 Å².